The molecule has 2 aromatic rings. The summed E-state index contributed by atoms with van der Waals surface area (Å²) in [4.78, 5) is 26.1. The average Bonchev–Trinajstić information content (AvgIpc) is 3.01. The first-order valence-corrected chi connectivity index (χ1v) is 8.95. The Labute approximate surface area is 157 Å². The number of hydrogen-bond donors (Lipinski definition) is 1. The number of ether oxygens (including phenoxy) is 1. The van der Waals surface area contributed by atoms with Crippen LogP contribution in [0.5, 0.6) is 0 Å². The third-order valence-electron chi connectivity index (χ3n) is 5.29. The second kappa shape index (κ2) is 6.73. The molecule has 1 amide bonds. The molecule has 0 spiro atoms. The Bertz CT molecular complexity index is 960. The van der Waals surface area contributed by atoms with Crippen LogP contribution in [0.4, 0.5) is 0 Å². The molecule has 2 unspecified atom stereocenters. The third kappa shape index (κ3) is 2.70. The first-order chi connectivity index (χ1) is 13.2. The van der Waals surface area contributed by atoms with Crippen LogP contribution in [-0.2, 0) is 15.1 Å². The maximum absolute atomic E-state index is 13.1. The molecule has 0 saturated carbocycles. The standard InChI is InChI=1S/C22H18N2O3/c23-14-16-10-7-13-18-19(16)27-21(26)22(18,17-11-5-2-6-12-17)24-20(25)15-8-3-1-4-9-15/h1-6,8-9,11-12,18H,7,10,13H2,(H,24,25). The lowest BCUT2D eigenvalue weighted by atomic mass is 9.73. The molecule has 0 aromatic heterocycles. The lowest BCUT2D eigenvalue weighted by Gasteiger charge is -2.34. The number of carbonyl (C=O) groups is 2. The first-order valence-electron chi connectivity index (χ1n) is 8.95. The van der Waals surface area contributed by atoms with E-state index in [2.05, 4.69) is 11.4 Å². The van der Waals surface area contributed by atoms with Gasteiger partial charge in [0.1, 0.15) is 5.76 Å². The largest absolute Gasteiger partial charge is 0.428 e. The second-order valence-corrected chi connectivity index (χ2v) is 6.78. The summed E-state index contributed by atoms with van der Waals surface area (Å²) >= 11 is 0. The molecule has 2 atom stereocenters. The second-order valence-electron chi connectivity index (χ2n) is 6.78. The highest BCUT2D eigenvalue weighted by molar-refractivity contribution is 6.00. The molecule has 0 bridgehead atoms. The normalized spacial score (nSPS) is 24.0. The quantitative estimate of drug-likeness (QED) is 0.853. The smallest absolute Gasteiger partial charge is 0.342 e. The van der Waals surface area contributed by atoms with E-state index < -0.39 is 11.5 Å². The van der Waals surface area contributed by atoms with Crippen molar-refractivity contribution in [2.75, 3.05) is 0 Å². The molecule has 1 aliphatic heterocycles. The zero-order chi connectivity index (χ0) is 18.9. The van der Waals surface area contributed by atoms with Gasteiger partial charge in [0.05, 0.1) is 17.6 Å². The van der Waals surface area contributed by atoms with Crippen LogP contribution in [0.25, 0.3) is 0 Å². The Morgan fingerprint density at radius 3 is 2.44 bits per heavy atom. The average molecular weight is 358 g/mol. The van der Waals surface area contributed by atoms with Gasteiger partial charge in [-0.3, -0.25) is 4.79 Å². The Balaban J connectivity index is 1.85. The maximum atomic E-state index is 13.1. The van der Waals surface area contributed by atoms with E-state index in [9.17, 15) is 14.9 Å². The van der Waals surface area contributed by atoms with Crippen LogP contribution in [0.2, 0.25) is 0 Å². The van der Waals surface area contributed by atoms with E-state index in [4.69, 9.17) is 4.74 Å². The Morgan fingerprint density at radius 2 is 1.78 bits per heavy atom. The van der Waals surface area contributed by atoms with Gasteiger partial charge < -0.3 is 10.1 Å². The van der Waals surface area contributed by atoms with Crippen molar-refractivity contribution in [3.63, 3.8) is 0 Å². The van der Waals surface area contributed by atoms with Gasteiger partial charge in [0, 0.05) is 5.56 Å². The fourth-order valence-corrected chi connectivity index (χ4v) is 4.00. The van der Waals surface area contributed by atoms with Crippen LogP contribution in [0.1, 0.15) is 35.2 Å². The molecule has 4 rings (SSSR count). The van der Waals surface area contributed by atoms with Crippen molar-refractivity contribution < 1.29 is 14.3 Å². The summed E-state index contributed by atoms with van der Waals surface area (Å²) in [5.74, 6) is -0.858. The Morgan fingerprint density at radius 1 is 1.11 bits per heavy atom. The number of nitrogens with one attached hydrogen (secondary N) is 1. The summed E-state index contributed by atoms with van der Waals surface area (Å²) < 4.78 is 5.58. The minimum absolute atomic E-state index is 0.346. The minimum atomic E-state index is -1.33. The molecule has 0 radical (unpaired) electrons. The molecule has 1 saturated heterocycles. The Hall–Kier alpha value is -3.39. The summed E-state index contributed by atoms with van der Waals surface area (Å²) in [6.45, 7) is 0. The number of allylic oxidation sites excluding steroid dienone is 1. The van der Waals surface area contributed by atoms with Crippen LogP contribution >= 0.6 is 0 Å². The molecule has 27 heavy (non-hydrogen) atoms. The van der Waals surface area contributed by atoms with Crippen LogP contribution in [-0.4, -0.2) is 11.9 Å². The minimum Gasteiger partial charge on any atom is -0.428 e. The van der Waals surface area contributed by atoms with E-state index in [0.717, 1.165) is 6.42 Å². The fraction of sp³-hybridized carbons (Fsp3) is 0.227. The van der Waals surface area contributed by atoms with Gasteiger partial charge in [-0.15, -0.1) is 0 Å². The lowest BCUT2D eigenvalue weighted by Crippen LogP contribution is -2.53. The molecule has 134 valence electrons. The molecule has 2 aliphatic rings. The molecule has 5 heteroatoms. The number of nitrogens with zero attached hydrogens (tertiary/aromatic N) is 1. The van der Waals surface area contributed by atoms with Gasteiger partial charge in [-0.25, -0.2) is 4.79 Å². The highest BCUT2D eigenvalue weighted by Gasteiger charge is 2.58. The molecule has 1 N–H and O–H groups in total. The fourth-order valence-electron chi connectivity index (χ4n) is 4.00. The van der Waals surface area contributed by atoms with Crippen molar-refractivity contribution in [3.05, 3.63) is 83.1 Å². The summed E-state index contributed by atoms with van der Waals surface area (Å²) in [6.07, 6.45) is 2.02. The van der Waals surface area contributed by atoms with Gasteiger partial charge >= 0.3 is 5.97 Å². The number of carbonyl (C=O) groups excluding carboxylic acids is 2. The SMILES string of the molecule is N#CC1=C2OC(=O)C(NC(=O)c3ccccc3)(c3ccccc3)C2CCC1. The van der Waals surface area contributed by atoms with E-state index >= 15 is 0 Å². The van der Waals surface area contributed by atoms with Crippen LogP contribution in [0.15, 0.2) is 72.0 Å². The molecular weight excluding hydrogens is 340 g/mol. The lowest BCUT2D eigenvalue weighted by molar-refractivity contribution is -0.141. The molecule has 1 fully saturated rings. The van der Waals surface area contributed by atoms with Gasteiger partial charge in [-0.1, -0.05) is 48.5 Å². The summed E-state index contributed by atoms with van der Waals surface area (Å²) in [6, 6.07) is 20.1. The molecule has 5 nitrogen and oxygen atoms in total. The first kappa shape index (κ1) is 17.0. The summed E-state index contributed by atoms with van der Waals surface area (Å²) in [5.41, 5.74) is 0.297. The number of hydrogen-bond acceptors (Lipinski definition) is 4. The predicted octanol–water partition coefficient (Wildman–Crippen LogP) is 3.45. The van der Waals surface area contributed by atoms with Gasteiger partial charge in [-0.2, -0.15) is 5.26 Å². The van der Waals surface area contributed by atoms with Crippen molar-refractivity contribution in [1.29, 1.82) is 5.26 Å². The van der Waals surface area contributed by atoms with E-state index in [1.54, 1.807) is 24.3 Å². The van der Waals surface area contributed by atoms with E-state index in [-0.39, 0.29) is 11.8 Å². The number of fused-ring (bicyclic) bond motifs is 1. The topological polar surface area (TPSA) is 79.2 Å². The zero-order valence-corrected chi connectivity index (χ0v) is 14.6. The number of esters is 1. The number of benzene rings is 2. The number of nitriles is 1. The highest BCUT2D eigenvalue weighted by atomic mass is 16.5. The van der Waals surface area contributed by atoms with Gasteiger partial charge in [0.25, 0.3) is 5.91 Å². The summed E-state index contributed by atoms with van der Waals surface area (Å²) in [7, 11) is 0. The highest BCUT2D eigenvalue weighted by Crippen LogP contribution is 2.49. The van der Waals surface area contributed by atoms with Crippen molar-refractivity contribution in [2.24, 2.45) is 5.92 Å². The molecule has 2 aromatic carbocycles. The molecule has 1 heterocycles. The Kier molecular flexibility index (Phi) is 4.25. The monoisotopic (exact) mass is 358 g/mol. The van der Waals surface area contributed by atoms with Gasteiger partial charge in [-0.05, 0) is 37.0 Å². The predicted molar refractivity (Wildman–Crippen MR) is 98.1 cm³/mol. The van der Waals surface area contributed by atoms with Crippen LogP contribution in [0, 0.1) is 17.2 Å². The zero-order valence-electron chi connectivity index (χ0n) is 14.6. The van der Waals surface area contributed by atoms with Crippen molar-refractivity contribution in [2.45, 2.75) is 24.8 Å². The van der Waals surface area contributed by atoms with E-state index in [1.165, 1.54) is 0 Å². The van der Waals surface area contributed by atoms with Gasteiger partial charge in [0.15, 0.2) is 5.54 Å². The molecular formula is C22H18N2O3. The van der Waals surface area contributed by atoms with Crippen molar-refractivity contribution in [3.8, 4) is 6.07 Å². The van der Waals surface area contributed by atoms with E-state index in [0.29, 0.717) is 35.3 Å². The van der Waals surface area contributed by atoms with E-state index in [1.807, 2.05) is 36.4 Å². The number of amides is 1. The summed E-state index contributed by atoms with van der Waals surface area (Å²) in [5, 5.41) is 12.4. The van der Waals surface area contributed by atoms with Crippen molar-refractivity contribution in [1.82, 2.24) is 5.32 Å². The van der Waals surface area contributed by atoms with Gasteiger partial charge in [0.2, 0.25) is 0 Å². The number of rotatable bonds is 3. The maximum Gasteiger partial charge on any atom is 0.342 e. The van der Waals surface area contributed by atoms with Crippen molar-refractivity contribution >= 4 is 11.9 Å². The van der Waals surface area contributed by atoms with Crippen LogP contribution in [0.3, 0.4) is 0 Å². The molecule has 1 aliphatic carbocycles. The third-order valence-corrected chi connectivity index (χ3v) is 5.29. The van der Waals surface area contributed by atoms with Crippen LogP contribution < -0.4 is 5.32 Å².